The summed E-state index contributed by atoms with van der Waals surface area (Å²) >= 11 is 0. The van der Waals surface area contributed by atoms with Gasteiger partial charge in [-0.2, -0.15) is 0 Å². The highest BCUT2D eigenvalue weighted by Gasteiger charge is 2.09. The minimum absolute atomic E-state index is 0.120. The minimum atomic E-state index is -0.187. The Labute approximate surface area is 155 Å². The Kier molecular flexibility index (Phi) is 6.92. The maximum absolute atomic E-state index is 12.4. The zero-order valence-corrected chi connectivity index (χ0v) is 15.9. The standard InChI is InChI=1S/C21H27N3O2/c1-15-12-16(2)14-19(13-15)23-21(26)18-8-6-17(7-9-18)20(25)22-10-5-11-24(3)4/h6-9,12-14H,5,10-11H2,1-4H3,(H,22,25)(H,23,26). The molecular weight excluding hydrogens is 326 g/mol. The number of hydrogen-bond acceptors (Lipinski definition) is 3. The lowest BCUT2D eigenvalue weighted by Gasteiger charge is -2.10. The zero-order chi connectivity index (χ0) is 19.1. The first-order valence-corrected chi connectivity index (χ1v) is 8.78. The number of aryl methyl sites for hydroxylation is 2. The van der Waals surface area contributed by atoms with E-state index in [0.717, 1.165) is 29.8 Å². The van der Waals surface area contributed by atoms with Crippen molar-refractivity contribution in [2.24, 2.45) is 0 Å². The van der Waals surface area contributed by atoms with E-state index < -0.39 is 0 Å². The fourth-order valence-corrected chi connectivity index (χ4v) is 2.72. The molecule has 2 aromatic rings. The first-order valence-electron chi connectivity index (χ1n) is 8.78. The molecule has 2 aromatic carbocycles. The highest BCUT2D eigenvalue weighted by atomic mass is 16.2. The predicted molar refractivity (Wildman–Crippen MR) is 106 cm³/mol. The van der Waals surface area contributed by atoms with Gasteiger partial charge in [-0.05, 0) is 88.4 Å². The van der Waals surface area contributed by atoms with Gasteiger partial charge in [0.1, 0.15) is 0 Å². The molecule has 138 valence electrons. The second-order valence-electron chi connectivity index (χ2n) is 6.82. The maximum atomic E-state index is 12.4. The summed E-state index contributed by atoms with van der Waals surface area (Å²) in [5, 5.41) is 5.79. The Morgan fingerprint density at radius 2 is 1.42 bits per heavy atom. The normalized spacial score (nSPS) is 10.7. The van der Waals surface area contributed by atoms with Crippen LogP contribution in [0.3, 0.4) is 0 Å². The number of hydrogen-bond donors (Lipinski definition) is 2. The number of carbonyl (C=O) groups is 2. The van der Waals surface area contributed by atoms with Crippen LogP contribution in [0.25, 0.3) is 0 Å². The topological polar surface area (TPSA) is 61.4 Å². The molecule has 0 aliphatic heterocycles. The monoisotopic (exact) mass is 353 g/mol. The van der Waals surface area contributed by atoms with Crippen LogP contribution < -0.4 is 10.6 Å². The third-order valence-corrected chi connectivity index (χ3v) is 3.96. The molecule has 0 unspecified atom stereocenters. The Morgan fingerprint density at radius 1 is 0.885 bits per heavy atom. The minimum Gasteiger partial charge on any atom is -0.352 e. The molecule has 0 saturated heterocycles. The summed E-state index contributed by atoms with van der Waals surface area (Å²) in [5.74, 6) is -0.307. The number of nitrogens with one attached hydrogen (secondary N) is 2. The molecule has 5 heteroatoms. The van der Waals surface area contributed by atoms with Crippen molar-refractivity contribution < 1.29 is 9.59 Å². The first-order chi connectivity index (χ1) is 12.3. The third kappa shape index (κ3) is 6.01. The van der Waals surface area contributed by atoms with E-state index in [0.29, 0.717) is 17.7 Å². The van der Waals surface area contributed by atoms with E-state index >= 15 is 0 Å². The van der Waals surface area contributed by atoms with E-state index in [1.165, 1.54) is 0 Å². The molecule has 2 rings (SSSR count). The fourth-order valence-electron chi connectivity index (χ4n) is 2.72. The predicted octanol–water partition coefficient (Wildman–Crippen LogP) is 3.24. The molecule has 0 bridgehead atoms. The van der Waals surface area contributed by atoms with E-state index in [1.807, 2.05) is 40.1 Å². The highest BCUT2D eigenvalue weighted by Crippen LogP contribution is 2.15. The van der Waals surface area contributed by atoms with E-state index in [1.54, 1.807) is 24.3 Å². The Morgan fingerprint density at radius 3 is 1.96 bits per heavy atom. The van der Waals surface area contributed by atoms with Gasteiger partial charge in [-0.3, -0.25) is 9.59 Å². The molecule has 0 saturated carbocycles. The van der Waals surface area contributed by atoms with Crippen LogP contribution >= 0.6 is 0 Å². The smallest absolute Gasteiger partial charge is 0.255 e. The van der Waals surface area contributed by atoms with Gasteiger partial charge in [0.2, 0.25) is 0 Å². The second-order valence-corrected chi connectivity index (χ2v) is 6.82. The number of anilines is 1. The van der Waals surface area contributed by atoms with Crippen molar-refractivity contribution in [2.75, 3.05) is 32.5 Å². The van der Waals surface area contributed by atoms with Gasteiger partial charge in [0.05, 0.1) is 0 Å². The summed E-state index contributed by atoms with van der Waals surface area (Å²) in [4.78, 5) is 26.6. The molecular formula is C21H27N3O2. The summed E-state index contributed by atoms with van der Waals surface area (Å²) in [6, 6.07) is 12.6. The van der Waals surface area contributed by atoms with Crippen LogP contribution in [-0.4, -0.2) is 43.9 Å². The molecule has 0 spiro atoms. The van der Waals surface area contributed by atoms with Gasteiger partial charge >= 0.3 is 0 Å². The Hall–Kier alpha value is -2.66. The number of amides is 2. The van der Waals surface area contributed by atoms with Crippen molar-refractivity contribution in [1.29, 1.82) is 0 Å². The van der Waals surface area contributed by atoms with Gasteiger partial charge in [-0.1, -0.05) is 6.07 Å². The summed E-state index contributed by atoms with van der Waals surface area (Å²) < 4.78 is 0. The number of nitrogens with zero attached hydrogens (tertiary/aromatic N) is 1. The van der Waals surface area contributed by atoms with Crippen LogP contribution in [0.15, 0.2) is 42.5 Å². The molecule has 2 amide bonds. The first kappa shape index (κ1) is 19.7. The number of benzene rings is 2. The van der Waals surface area contributed by atoms with Crippen LogP contribution in [0.1, 0.15) is 38.3 Å². The lowest BCUT2D eigenvalue weighted by molar-refractivity contribution is 0.0950. The van der Waals surface area contributed by atoms with Gasteiger partial charge in [-0.15, -0.1) is 0 Å². The molecule has 0 aliphatic rings. The zero-order valence-electron chi connectivity index (χ0n) is 15.9. The fraction of sp³-hybridized carbons (Fsp3) is 0.333. The van der Waals surface area contributed by atoms with E-state index in [2.05, 4.69) is 21.6 Å². The largest absolute Gasteiger partial charge is 0.352 e. The summed E-state index contributed by atoms with van der Waals surface area (Å²) in [7, 11) is 4.01. The van der Waals surface area contributed by atoms with Gasteiger partial charge in [-0.25, -0.2) is 0 Å². The van der Waals surface area contributed by atoms with Crippen LogP contribution in [0.2, 0.25) is 0 Å². The molecule has 0 heterocycles. The van der Waals surface area contributed by atoms with Gasteiger partial charge in [0.25, 0.3) is 11.8 Å². The number of rotatable bonds is 7. The molecule has 0 aromatic heterocycles. The van der Waals surface area contributed by atoms with Crippen molar-refractivity contribution in [3.63, 3.8) is 0 Å². The van der Waals surface area contributed by atoms with Crippen LogP contribution in [0.4, 0.5) is 5.69 Å². The van der Waals surface area contributed by atoms with E-state index in [4.69, 9.17) is 0 Å². The van der Waals surface area contributed by atoms with E-state index in [-0.39, 0.29) is 11.8 Å². The van der Waals surface area contributed by atoms with Gasteiger partial charge < -0.3 is 15.5 Å². The quantitative estimate of drug-likeness (QED) is 0.751. The Balaban J connectivity index is 1.93. The van der Waals surface area contributed by atoms with Crippen molar-refractivity contribution in [3.8, 4) is 0 Å². The lowest BCUT2D eigenvalue weighted by atomic mass is 10.1. The summed E-state index contributed by atoms with van der Waals surface area (Å²) in [6.07, 6.45) is 0.898. The number of carbonyl (C=O) groups excluding carboxylic acids is 2. The average Bonchev–Trinajstić information content (AvgIpc) is 2.57. The van der Waals surface area contributed by atoms with E-state index in [9.17, 15) is 9.59 Å². The van der Waals surface area contributed by atoms with Gasteiger partial charge in [0.15, 0.2) is 0 Å². The van der Waals surface area contributed by atoms with Crippen molar-refractivity contribution in [1.82, 2.24) is 10.2 Å². The lowest BCUT2D eigenvalue weighted by Crippen LogP contribution is -2.27. The van der Waals surface area contributed by atoms with Crippen LogP contribution in [0, 0.1) is 13.8 Å². The molecule has 0 fully saturated rings. The van der Waals surface area contributed by atoms with Gasteiger partial charge in [0, 0.05) is 23.4 Å². The second kappa shape index (κ2) is 9.15. The van der Waals surface area contributed by atoms with Crippen LogP contribution in [-0.2, 0) is 0 Å². The molecule has 5 nitrogen and oxygen atoms in total. The highest BCUT2D eigenvalue weighted by molar-refractivity contribution is 6.05. The molecule has 0 radical (unpaired) electrons. The van der Waals surface area contributed by atoms with Crippen molar-refractivity contribution in [2.45, 2.75) is 20.3 Å². The maximum Gasteiger partial charge on any atom is 0.255 e. The summed E-state index contributed by atoms with van der Waals surface area (Å²) in [5.41, 5.74) is 4.05. The molecule has 0 atom stereocenters. The molecule has 0 aliphatic carbocycles. The summed E-state index contributed by atoms with van der Waals surface area (Å²) in [6.45, 7) is 5.55. The van der Waals surface area contributed by atoms with Crippen molar-refractivity contribution >= 4 is 17.5 Å². The Bertz CT molecular complexity index is 747. The van der Waals surface area contributed by atoms with Crippen molar-refractivity contribution in [3.05, 3.63) is 64.7 Å². The molecule has 26 heavy (non-hydrogen) atoms. The SMILES string of the molecule is Cc1cc(C)cc(NC(=O)c2ccc(C(=O)NCCCN(C)C)cc2)c1. The van der Waals surface area contributed by atoms with Crippen LogP contribution in [0.5, 0.6) is 0 Å². The average molecular weight is 353 g/mol. The molecule has 2 N–H and O–H groups in total. The third-order valence-electron chi connectivity index (χ3n) is 3.96.